The molecular formula is C14H22F3NO2. The van der Waals surface area contributed by atoms with Crippen LogP contribution in [0, 0.1) is 17.8 Å². The zero-order valence-corrected chi connectivity index (χ0v) is 11.7. The third kappa shape index (κ3) is 3.45. The second-order valence-electron chi connectivity index (χ2n) is 6.22. The third-order valence-corrected chi connectivity index (χ3v) is 4.66. The number of hydrogen-bond acceptors (Lipinski definition) is 2. The predicted molar refractivity (Wildman–Crippen MR) is 67.9 cm³/mol. The minimum atomic E-state index is -4.19. The number of nitrogens with zero attached hydrogens (tertiary/aromatic N) is 1. The van der Waals surface area contributed by atoms with Gasteiger partial charge in [-0.2, -0.15) is 13.2 Å². The summed E-state index contributed by atoms with van der Waals surface area (Å²) in [5.74, 6) is -2.00. The third-order valence-electron chi connectivity index (χ3n) is 4.66. The van der Waals surface area contributed by atoms with Gasteiger partial charge in [0.2, 0.25) is 5.91 Å². The van der Waals surface area contributed by atoms with Gasteiger partial charge in [0.1, 0.15) is 0 Å². The number of carbonyl (C=O) groups is 1. The summed E-state index contributed by atoms with van der Waals surface area (Å²) >= 11 is 0. The average Bonchev–Trinajstić information content (AvgIpc) is 2.40. The Morgan fingerprint density at radius 1 is 1.25 bits per heavy atom. The number of rotatable bonds is 1. The second kappa shape index (κ2) is 5.92. The Morgan fingerprint density at radius 3 is 2.55 bits per heavy atom. The van der Waals surface area contributed by atoms with Crippen molar-refractivity contribution < 1.29 is 23.1 Å². The Kier molecular flexibility index (Phi) is 4.62. The predicted octanol–water partition coefficient (Wildman–Crippen LogP) is 2.58. The van der Waals surface area contributed by atoms with Crippen molar-refractivity contribution in [2.75, 3.05) is 13.1 Å². The smallest absolute Gasteiger partial charge is 0.391 e. The highest BCUT2D eigenvalue weighted by atomic mass is 19.4. The summed E-state index contributed by atoms with van der Waals surface area (Å²) < 4.78 is 38.3. The maximum Gasteiger partial charge on any atom is 0.391 e. The van der Waals surface area contributed by atoms with Crippen LogP contribution in [0.25, 0.3) is 0 Å². The lowest BCUT2D eigenvalue weighted by Gasteiger charge is -2.38. The van der Waals surface area contributed by atoms with Crippen LogP contribution in [0.3, 0.4) is 0 Å². The molecule has 0 bridgehead atoms. The summed E-state index contributed by atoms with van der Waals surface area (Å²) in [7, 11) is 0. The molecule has 6 heteroatoms. The van der Waals surface area contributed by atoms with Crippen molar-refractivity contribution in [1.82, 2.24) is 4.90 Å². The number of carbonyl (C=O) groups excluding carboxylic acids is 1. The van der Waals surface area contributed by atoms with Gasteiger partial charge in [-0.25, -0.2) is 0 Å². The summed E-state index contributed by atoms with van der Waals surface area (Å²) in [4.78, 5) is 14.0. The molecule has 2 aliphatic rings. The molecule has 1 saturated heterocycles. The fourth-order valence-electron chi connectivity index (χ4n) is 3.30. The molecule has 0 aromatic heterocycles. The molecular weight excluding hydrogens is 271 g/mol. The van der Waals surface area contributed by atoms with Crippen LogP contribution in [0.4, 0.5) is 13.2 Å². The number of likely N-dealkylation sites (tertiary alicyclic amines) is 1. The first-order valence-electron chi connectivity index (χ1n) is 7.32. The normalized spacial score (nSPS) is 36.0. The van der Waals surface area contributed by atoms with E-state index in [-0.39, 0.29) is 24.7 Å². The van der Waals surface area contributed by atoms with Crippen molar-refractivity contribution in [2.24, 2.45) is 17.8 Å². The quantitative estimate of drug-likeness (QED) is 0.807. The molecule has 4 atom stereocenters. The molecule has 0 aromatic rings. The Labute approximate surface area is 117 Å². The average molecular weight is 293 g/mol. The van der Waals surface area contributed by atoms with Crippen molar-refractivity contribution in [1.29, 1.82) is 0 Å². The first kappa shape index (κ1) is 15.6. The topological polar surface area (TPSA) is 40.5 Å². The van der Waals surface area contributed by atoms with E-state index in [9.17, 15) is 23.1 Å². The lowest BCUT2D eigenvalue weighted by Crippen LogP contribution is -2.48. The van der Waals surface area contributed by atoms with Crippen molar-refractivity contribution in [3.8, 4) is 0 Å². The van der Waals surface area contributed by atoms with Crippen LogP contribution < -0.4 is 0 Å². The lowest BCUT2D eigenvalue weighted by atomic mass is 9.80. The van der Waals surface area contributed by atoms with Crippen LogP contribution in [0.15, 0.2) is 0 Å². The maximum absolute atomic E-state index is 12.8. The van der Waals surface area contributed by atoms with Gasteiger partial charge in [0.05, 0.1) is 12.0 Å². The number of piperidine rings is 1. The summed E-state index contributed by atoms with van der Waals surface area (Å²) in [6.45, 7) is 2.77. The van der Waals surface area contributed by atoms with Gasteiger partial charge in [0, 0.05) is 19.0 Å². The Hall–Kier alpha value is -0.780. The summed E-state index contributed by atoms with van der Waals surface area (Å²) in [5, 5.41) is 9.65. The van der Waals surface area contributed by atoms with Gasteiger partial charge in [0.15, 0.2) is 0 Å². The Bertz CT molecular complexity index is 359. The van der Waals surface area contributed by atoms with E-state index < -0.39 is 24.1 Å². The van der Waals surface area contributed by atoms with Crippen molar-refractivity contribution >= 4 is 5.91 Å². The molecule has 1 saturated carbocycles. The van der Waals surface area contributed by atoms with Crippen LogP contribution in [0.5, 0.6) is 0 Å². The van der Waals surface area contributed by atoms with Gasteiger partial charge >= 0.3 is 6.18 Å². The van der Waals surface area contributed by atoms with E-state index in [2.05, 4.69) is 0 Å². The molecule has 2 fully saturated rings. The molecule has 4 unspecified atom stereocenters. The van der Waals surface area contributed by atoms with Crippen LogP contribution >= 0.6 is 0 Å². The van der Waals surface area contributed by atoms with E-state index in [0.717, 1.165) is 0 Å². The van der Waals surface area contributed by atoms with Crippen LogP contribution in [0.2, 0.25) is 0 Å². The lowest BCUT2D eigenvalue weighted by molar-refractivity contribution is -0.187. The number of aliphatic hydroxyl groups is 1. The fraction of sp³-hybridized carbons (Fsp3) is 0.929. The van der Waals surface area contributed by atoms with E-state index in [1.165, 1.54) is 0 Å². The molecule has 0 aromatic carbocycles. The number of aliphatic hydroxyl groups excluding tert-OH is 1. The second-order valence-corrected chi connectivity index (χ2v) is 6.22. The van der Waals surface area contributed by atoms with Gasteiger partial charge in [-0.3, -0.25) is 4.79 Å². The molecule has 1 heterocycles. The standard InChI is InChI=1S/C14H22F3NO2/c1-9-8-18(6-5-12(9)19)13(20)10-3-2-4-11(7-10)14(15,16)17/h9-12,19H,2-8H2,1H3. The fourth-order valence-corrected chi connectivity index (χ4v) is 3.30. The zero-order chi connectivity index (χ0) is 14.9. The molecule has 0 spiro atoms. The van der Waals surface area contributed by atoms with E-state index in [4.69, 9.17) is 0 Å². The molecule has 1 aliphatic heterocycles. The highest BCUT2D eigenvalue weighted by Crippen LogP contribution is 2.40. The minimum Gasteiger partial charge on any atom is -0.393 e. The molecule has 1 amide bonds. The number of alkyl halides is 3. The minimum absolute atomic E-state index is 0.00490. The van der Waals surface area contributed by atoms with E-state index in [1.54, 1.807) is 4.90 Å². The molecule has 2 rings (SSSR count). The van der Waals surface area contributed by atoms with Crippen LogP contribution in [-0.4, -0.2) is 41.3 Å². The molecule has 116 valence electrons. The summed E-state index contributed by atoms with van der Waals surface area (Å²) in [6.07, 6.45) is -3.00. The van der Waals surface area contributed by atoms with Gasteiger partial charge in [-0.05, 0) is 31.6 Å². The van der Waals surface area contributed by atoms with Gasteiger partial charge < -0.3 is 10.0 Å². The van der Waals surface area contributed by atoms with E-state index >= 15 is 0 Å². The maximum atomic E-state index is 12.8. The number of amides is 1. The Balaban J connectivity index is 1.95. The van der Waals surface area contributed by atoms with Crippen molar-refractivity contribution in [3.63, 3.8) is 0 Å². The molecule has 1 aliphatic carbocycles. The highest BCUT2D eigenvalue weighted by Gasteiger charge is 2.44. The van der Waals surface area contributed by atoms with E-state index in [1.807, 2.05) is 6.92 Å². The van der Waals surface area contributed by atoms with E-state index in [0.29, 0.717) is 32.4 Å². The van der Waals surface area contributed by atoms with Gasteiger partial charge in [-0.1, -0.05) is 13.3 Å². The monoisotopic (exact) mass is 293 g/mol. The summed E-state index contributed by atoms with van der Waals surface area (Å²) in [5.41, 5.74) is 0. The number of hydrogen-bond donors (Lipinski definition) is 1. The first-order chi connectivity index (χ1) is 9.29. The summed E-state index contributed by atoms with van der Waals surface area (Å²) in [6, 6.07) is 0. The molecule has 1 N–H and O–H groups in total. The largest absolute Gasteiger partial charge is 0.393 e. The Morgan fingerprint density at radius 2 is 1.95 bits per heavy atom. The van der Waals surface area contributed by atoms with Crippen LogP contribution in [-0.2, 0) is 4.79 Å². The highest BCUT2D eigenvalue weighted by molar-refractivity contribution is 5.79. The zero-order valence-electron chi connectivity index (χ0n) is 11.7. The first-order valence-corrected chi connectivity index (χ1v) is 7.32. The van der Waals surface area contributed by atoms with Crippen LogP contribution in [0.1, 0.15) is 39.0 Å². The molecule has 20 heavy (non-hydrogen) atoms. The molecule has 3 nitrogen and oxygen atoms in total. The van der Waals surface area contributed by atoms with Crippen molar-refractivity contribution in [2.45, 2.75) is 51.3 Å². The SMILES string of the molecule is CC1CN(C(=O)C2CCCC(C(F)(F)F)C2)CCC1O. The van der Waals surface area contributed by atoms with Gasteiger partial charge in [0.25, 0.3) is 0 Å². The molecule has 0 radical (unpaired) electrons. The number of halogens is 3. The van der Waals surface area contributed by atoms with Gasteiger partial charge in [-0.15, -0.1) is 0 Å². The van der Waals surface area contributed by atoms with Crippen molar-refractivity contribution in [3.05, 3.63) is 0 Å².